The van der Waals surface area contributed by atoms with Gasteiger partial charge >= 0.3 is 0 Å². The number of benzene rings is 3. The molecular weight excluding hydrogens is 340 g/mol. The first-order valence-corrected chi connectivity index (χ1v) is 10.0. The molecule has 3 aromatic carbocycles. The van der Waals surface area contributed by atoms with Crippen molar-refractivity contribution in [3.63, 3.8) is 0 Å². The lowest BCUT2D eigenvalue weighted by Crippen LogP contribution is -2.12. The molecule has 0 aromatic heterocycles. The maximum absolute atomic E-state index is 2.37. The molecule has 2 nitrogen and oxygen atoms in total. The second kappa shape index (κ2) is 9.68. The van der Waals surface area contributed by atoms with E-state index in [1.807, 2.05) is 0 Å². The van der Waals surface area contributed by atoms with Crippen LogP contribution in [-0.2, 0) is 25.9 Å². The fourth-order valence-corrected chi connectivity index (χ4v) is 3.74. The molecule has 0 radical (unpaired) electrons. The fourth-order valence-electron chi connectivity index (χ4n) is 3.74. The zero-order valence-corrected chi connectivity index (χ0v) is 17.7. The Kier molecular flexibility index (Phi) is 7.02. The van der Waals surface area contributed by atoms with Gasteiger partial charge in [-0.1, -0.05) is 72.8 Å². The number of hydrogen-bond donors (Lipinski definition) is 0. The highest BCUT2D eigenvalue weighted by atomic mass is 15.1. The molecule has 0 saturated carbocycles. The van der Waals surface area contributed by atoms with Gasteiger partial charge in [0.2, 0.25) is 0 Å². The van der Waals surface area contributed by atoms with E-state index in [9.17, 15) is 0 Å². The summed E-state index contributed by atoms with van der Waals surface area (Å²) in [5.41, 5.74) is 8.42. The lowest BCUT2D eigenvalue weighted by molar-refractivity contribution is 0.401. The van der Waals surface area contributed by atoms with Crippen molar-refractivity contribution in [2.45, 2.75) is 25.9 Å². The summed E-state index contributed by atoms with van der Waals surface area (Å²) >= 11 is 0. The summed E-state index contributed by atoms with van der Waals surface area (Å²) in [5, 5.41) is 0. The van der Waals surface area contributed by atoms with Crippen molar-refractivity contribution in [3.05, 3.63) is 106 Å². The Balaban J connectivity index is 1.79. The van der Waals surface area contributed by atoms with Crippen molar-refractivity contribution in [1.82, 2.24) is 9.80 Å². The van der Waals surface area contributed by atoms with Gasteiger partial charge in [0.15, 0.2) is 0 Å². The van der Waals surface area contributed by atoms with Crippen LogP contribution in [-0.4, -0.2) is 38.0 Å². The van der Waals surface area contributed by atoms with E-state index >= 15 is 0 Å². The molecule has 0 N–H and O–H groups in total. The Morgan fingerprint density at radius 3 is 1.29 bits per heavy atom. The molecule has 3 aromatic rings. The second-order valence-corrected chi connectivity index (χ2v) is 8.19. The monoisotopic (exact) mass is 372 g/mol. The summed E-state index contributed by atoms with van der Waals surface area (Å²) in [7, 11) is 8.51. The molecule has 2 heteroatoms. The topological polar surface area (TPSA) is 6.48 Å². The Morgan fingerprint density at radius 1 is 0.500 bits per heavy atom. The Labute approximate surface area is 170 Å². The van der Waals surface area contributed by atoms with E-state index in [0.717, 1.165) is 25.9 Å². The van der Waals surface area contributed by atoms with Crippen LogP contribution < -0.4 is 0 Å². The van der Waals surface area contributed by atoms with Crippen LogP contribution in [0, 0.1) is 0 Å². The van der Waals surface area contributed by atoms with Crippen LogP contribution in [0.4, 0.5) is 0 Å². The van der Waals surface area contributed by atoms with Crippen molar-refractivity contribution in [3.8, 4) is 0 Å². The first-order valence-electron chi connectivity index (χ1n) is 10.0. The van der Waals surface area contributed by atoms with Gasteiger partial charge in [-0.2, -0.15) is 0 Å². The molecule has 0 aliphatic carbocycles. The van der Waals surface area contributed by atoms with Gasteiger partial charge in [-0.3, -0.25) is 0 Å². The number of nitrogens with zero attached hydrogens (tertiary/aromatic N) is 2. The van der Waals surface area contributed by atoms with Gasteiger partial charge in [0.1, 0.15) is 0 Å². The molecule has 0 amide bonds. The summed E-state index contributed by atoms with van der Waals surface area (Å²) < 4.78 is 0. The van der Waals surface area contributed by atoms with Gasteiger partial charge in [-0.25, -0.2) is 0 Å². The molecule has 0 atom stereocenters. The molecular formula is C26H32N2. The van der Waals surface area contributed by atoms with Crippen molar-refractivity contribution in [1.29, 1.82) is 0 Å². The fraction of sp³-hybridized carbons (Fsp3) is 0.308. The zero-order valence-electron chi connectivity index (χ0n) is 17.7. The quantitative estimate of drug-likeness (QED) is 0.549. The molecule has 0 spiro atoms. The van der Waals surface area contributed by atoms with Crippen LogP contribution >= 0.6 is 0 Å². The van der Waals surface area contributed by atoms with Crippen LogP contribution in [0.3, 0.4) is 0 Å². The van der Waals surface area contributed by atoms with Crippen molar-refractivity contribution < 1.29 is 0 Å². The van der Waals surface area contributed by atoms with Crippen LogP contribution in [0.1, 0.15) is 33.4 Å². The highest BCUT2D eigenvalue weighted by Gasteiger charge is 2.07. The van der Waals surface area contributed by atoms with Crippen molar-refractivity contribution in [2.75, 3.05) is 28.2 Å². The van der Waals surface area contributed by atoms with Gasteiger partial charge in [0, 0.05) is 13.1 Å². The minimum absolute atomic E-state index is 0.980. The third-order valence-corrected chi connectivity index (χ3v) is 4.99. The van der Waals surface area contributed by atoms with Crippen molar-refractivity contribution in [2.24, 2.45) is 0 Å². The molecule has 28 heavy (non-hydrogen) atoms. The van der Waals surface area contributed by atoms with Crippen LogP contribution in [0.15, 0.2) is 72.8 Å². The SMILES string of the molecule is CN(C)Cc1ccccc1Cc1cccc(Cc2ccccc2CN(C)C)c1. The summed E-state index contributed by atoms with van der Waals surface area (Å²) in [5.74, 6) is 0. The van der Waals surface area contributed by atoms with Crippen molar-refractivity contribution >= 4 is 0 Å². The van der Waals surface area contributed by atoms with Gasteiger partial charge in [-0.05, 0) is 74.4 Å². The largest absolute Gasteiger partial charge is 0.305 e. The summed E-state index contributed by atoms with van der Waals surface area (Å²) in [4.78, 5) is 4.47. The summed E-state index contributed by atoms with van der Waals surface area (Å²) in [6.45, 7) is 1.96. The first kappa shape index (κ1) is 20.3. The molecule has 0 saturated heterocycles. The van der Waals surface area contributed by atoms with Crippen LogP contribution in [0.2, 0.25) is 0 Å². The number of hydrogen-bond acceptors (Lipinski definition) is 2. The maximum Gasteiger partial charge on any atom is 0.0230 e. The van der Waals surface area contributed by atoms with Gasteiger partial charge in [0.25, 0.3) is 0 Å². The predicted octanol–water partition coefficient (Wildman–Crippen LogP) is 4.99. The van der Waals surface area contributed by atoms with E-state index in [-0.39, 0.29) is 0 Å². The van der Waals surface area contributed by atoms with E-state index in [4.69, 9.17) is 0 Å². The Hall–Kier alpha value is -2.42. The highest BCUT2D eigenvalue weighted by molar-refractivity contribution is 5.37. The minimum atomic E-state index is 0.980. The van der Waals surface area contributed by atoms with Crippen LogP contribution in [0.25, 0.3) is 0 Å². The van der Waals surface area contributed by atoms with E-state index < -0.39 is 0 Å². The normalized spacial score (nSPS) is 11.4. The molecule has 0 bridgehead atoms. The van der Waals surface area contributed by atoms with E-state index in [0.29, 0.717) is 0 Å². The molecule has 0 heterocycles. The first-order chi connectivity index (χ1) is 13.5. The molecule has 0 fully saturated rings. The lowest BCUT2D eigenvalue weighted by Gasteiger charge is -2.16. The highest BCUT2D eigenvalue weighted by Crippen LogP contribution is 2.20. The minimum Gasteiger partial charge on any atom is -0.305 e. The van der Waals surface area contributed by atoms with E-state index in [2.05, 4.69) is 111 Å². The molecule has 0 unspecified atom stereocenters. The third-order valence-electron chi connectivity index (χ3n) is 4.99. The molecule has 0 aliphatic heterocycles. The summed E-state index contributed by atoms with van der Waals surface area (Å²) in [6, 6.07) is 26.7. The smallest absolute Gasteiger partial charge is 0.0230 e. The summed E-state index contributed by atoms with van der Waals surface area (Å²) in [6.07, 6.45) is 1.97. The van der Waals surface area contributed by atoms with Gasteiger partial charge < -0.3 is 9.80 Å². The predicted molar refractivity (Wildman–Crippen MR) is 120 cm³/mol. The maximum atomic E-state index is 2.37. The molecule has 146 valence electrons. The number of rotatable bonds is 8. The van der Waals surface area contributed by atoms with E-state index in [1.54, 1.807) is 0 Å². The van der Waals surface area contributed by atoms with Crippen LogP contribution in [0.5, 0.6) is 0 Å². The van der Waals surface area contributed by atoms with E-state index in [1.165, 1.54) is 33.4 Å². The van der Waals surface area contributed by atoms with Gasteiger partial charge in [-0.15, -0.1) is 0 Å². The third kappa shape index (κ3) is 5.79. The average Bonchev–Trinajstić information content (AvgIpc) is 2.64. The standard InChI is InChI=1S/C26H32N2/c1-27(2)19-25-14-7-5-12-23(25)17-21-10-9-11-22(16-21)18-24-13-6-8-15-26(24)20-28(3)4/h5-16H,17-20H2,1-4H3. The average molecular weight is 373 g/mol. The lowest BCUT2D eigenvalue weighted by atomic mass is 9.95. The molecule has 3 rings (SSSR count). The zero-order chi connectivity index (χ0) is 19.9. The van der Waals surface area contributed by atoms with Gasteiger partial charge in [0.05, 0.1) is 0 Å². The Morgan fingerprint density at radius 2 is 0.893 bits per heavy atom. The molecule has 0 aliphatic rings. The second-order valence-electron chi connectivity index (χ2n) is 8.19. The Bertz CT molecular complexity index is 825.